The van der Waals surface area contributed by atoms with Crippen LogP contribution in [0.4, 0.5) is 5.69 Å². The average molecular weight is 407 g/mol. The van der Waals surface area contributed by atoms with Crippen LogP contribution in [0.5, 0.6) is 0 Å². The molecule has 4 nitrogen and oxygen atoms in total. The fourth-order valence-electron chi connectivity index (χ4n) is 1.99. The van der Waals surface area contributed by atoms with E-state index in [4.69, 9.17) is 0 Å². The summed E-state index contributed by atoms with van der Waals surface area (Å²) in [5.74, 6) is 1.06. The molecule has 6 heteroatoms. The van der Waals surface area contributed by atoms with Crippen LogP contribution in [-0.2, 0) is 10.5 Å². The number of carbonyl (C=O) groups is 2. The van der Waals surface area contributed by atoms with E-state index >= 15 is 0 Å². The summed E-state index contributed by atoms with van der Waals surface area (Å²) in [5, 5.41) is 2.84. The van der Waals surface area contributed by atoms with Crippen molar-refractivity contribution in [3.63, 3.8) is 0 Å². The van der Waals surface area contributed by atoms with Crippen LogP contribution in [0, 0.1) is 0 Å². The van der Waals surface area contributed by atoms with Gasteiger partial charge in [0.25, 0.3) is 5.91 Å². The van der Waals surface area contributed by atoms with Crippen LogP contribution < -0.4 is 5.32 Å². The van der Waals surface area contributed by atoms with Crippen LogP contribution >= 0.6 is 27.7 Å². The van der Waals surface area contributed by atoms with E-state index in [0.29, 0.717) is 17.0 Å². The third kappa shape index (κ3) is 5.69. The van der Waals surface area contributed by atoms with E-state index in [1.807, 2.05) is 24.3 Å². The standard InChI is InChI=1S/C18H19BrN2O2S/c1-21(2)18(23)14-5-9-16(10-6-14)20-17(22)12-24-11-13-3-7-15(19)8-4-13/h3-10H,11-12H2,1-2H3,(H,20,22). The normalized spacial score (nSPS) is 10.3. The third-order valence-corrected chi connectivity index (χ3v) is 4.77. The first-order chi connectivity index (χ1) is 11.5. The number of amides is 2. The maximum atomic E-state index is 12.0. The Hall–Kier alpha value is -1.79. The van der Waals surface area contributed by atoms with Crippen LogP contribution in [0.15, 0.2) is 53.0 Å². The molecule has 0 heterocycles. The quantitative estimate of drug-likeness (QED) is 0.787. The van der Waals surface area contributed by atoms with Gasteiger partial charge >= 0.3 is 0 Å². The fourth-order valence-corrected chi connectivity index (χ4v) is 3.05. The van der Waals surface area contributed by atoms with Gasteiger partial charge in [-0.15, -0.1) is 11.8 Å². The molecular formula is C18H19BrN2O2S. The zero-order valence-corrected chi connectivity index (χ0v) is 16.0. The second-order valence-corrected chi connectivity index (χ2v) is 7.35. The van der Waals surface area contributed by atoms with E-state index in [0.717, 1.165) is 10.2 Å². The van der Waals surface area contributed by atoms with Crippen LogP contribution in [0.1, 0.15) is 15.9 Å². The summed E-state index contributed by atoms with van der Waals surface area (Å²) in [6.45, 7) is 0. The maximum Gasteiger partial charge on any atom is 0.253 e. The monoisotopic (exact) mass is 406 g/mol. The molecule has 2 amide bonds. The molecule has 1 N–H and O–H groups in total. The highest BCUT2D eigenvalue weighted by molar-refractivity contribution is 9.10. The summed E-state index contributed by atoms with van der Waals surface area (Å²) in [6.07, 6.45) is 0. The summed E-state index contributed by atoms with van der Waals surface area (Å²) in [5.41, 5.74) is 2.48. The van der Waals surface area contributed by atoms with Crippen molar-refractivity contribution >= 4 is 45.2 Å². The van der Waals surface area contributed by atoms with Gasteiger partial charge in [0, 0.05) is 35.6 Å². The number of hydrogen-bond acceptors (Lipinski definition) is 3. The van der Waals surface area contributed by atoms with Gasteiger partial charge in [-0.3, -0.25) is 9.59 Å². The van der Waals surface area contributed by atoms with Crippen molar-refractivity contribution in [1.82, 2.24) is 4.90 Å². The highest BCUT2D eigenvalue weighted by Crippen LogP contribution is 2.17. The zero-order chi connectivity index (χ0) is 17.5. The zero-order valence-electron chi connectivity index (χ0n) is 13.6. The van der Waals surface area contributed by atoms with Gasteiger partial charge in [-0.25, -0.2) is 0 Å². The second kappa shape index (κ2) is 8.89. The van der Waals surface area contributed by atoms with Gasteiger partial charge in [0.05, 0.1) is 5.75 Å². The van der Waals surface area contributed by atoms with E-state index in [9.17, 15) is 9.59 Å². The molecule has 126 valence electrons. The Morgan fingerprint density at radius 2 is 1.67 bits per heavy atom. The highest BCUT2D eigenvalue weighted by atomic mass is 79.9. The van der Waals surface area contributed by atoms with E-state index in [-0.39, 0.29) is 11.8 Å². The molecule has 0 radical (unpaired) electrons. The number of carbonyl (C=O) groups excluding carboxylic acids is 2. The molecule has 0 saturated heterocycles. The Labute approximate surface area is 154 Å². The topological polar surface area (TPSA) is 49.4 Å². The summed E-state index contributed by atoms with van der Waals surface area (Å²) >= 11 is 4.96. The number of thioether (sulfide) groups is 1. The lowest BCUT2D eigenvalue weighted by atomic mass is 10.2. The van der Waals surface area contributed by atoms with Crippen molar-refractivity contribution in [1.29, 1.82) is 0 Å². The van der Waals surface area contributed by atoms with Crippen molar-refractivity contribution < 1.29 is 9.59 Å². The minimum atomic E-state index is -0.0575. The number of anilines is 1. The molecule has 0 aliphatic rings. The lowest BCUT2D eigenvalue weighted by molar-refractivity contribution is -0.113. The van der Waals surface area contributed by atoms with Crippen molar-refractivity contribution in [2.24, 2.45) is 0 Å². The van der Waals surface area contributed by atoms with Gasteiger partial charge in [-0.05, 0) is 42.0 Å². The Balaban J connectivity index is 1.79. The molecule has 0 aromatic heterocycles. The summed E-state index contributed by atoms with van der Waals surface area (Å²) < 4.78 is 1.05. The Morgan fingerprint density at radius 1 is 1.04 bits per heavy atom. The summed E-state index contributed by atoms with van der Waals surface area (Å²) in [4.78, 5) is 25.3. The predicted molar refractivity (Wildman–Crippen MR) is 103 cm³/mol. The molecule has 0 saturated carbocycles. The SMILES string of the molecule is CN(C)C(=O)c1ccc(NC(=O)CSCc2ccc(Br)cc2)cc1. The van der Waals surface area contributed by atoms with Crippen molar-refractivity contribution in [3.8, 4) is 0 Å². The summed E-state index contributed by atoms with van der Waals surface area (Å²) in [7, 11) is 3.42. The maximum absolute atomic E-state index is 12.0. The Morgan fingerprint density at radius 3 is 2.25 bits per heavy atom. The molecule has 0 atom stereocenters. The number of nitrogens with one attached hydrogen (secondary N) is 1. The van der Waals surface area contributed by atoms with Crippen LogP contribution in [-0.4, -0.2) is 36.6 Å². The third-order valence-electron chi connectivity index (χ3n) is 3.24. The number of benzene rings is 2. The number of halogens is 1. The summed E-state index contributed by atoms with van der Waals surface area (Å²) in [6, 6.07) is 15.0. The van der Waals surface area contributed by atoms with Gasteiger partial charge in [-0.2, -0.15) is 0 Å². The lowest BCUT2D eigenvalue weighted by Gasteiger charge is -2.11. The lowest BCUT2D eigenvalue weighted by Crippen LogP contribution is -2.21. The van der Waals surface area contributed by atoms with Crippen molar-refractivity contribution in [2.45, 2.75) is 5.75 Å². The molecule has 24 heavy (non-hydrogen) atoms. The minimum absolute atomic E-state index is 0.0520. The highest BCUT2D eigenvalue weighted by Gasteiger charge is 2.08. The molecule has 0 spiro atoms. The largest absolute Gasteiger partial charge is 0.345 e. The van der Waals surface area contributed by atoms with Crippen molar-refractivity contribution in [3.05, 3.63) is 64.1 Å². The molecule has 0 unspecified atom stereocenters. The molecule has 0 aliphatic carbocycles. The Kier molecular flexibility index (Phi) is 6.87. The first-order valence-corrected chi connectivity index (χ1v) is 9.34. The van der Waals surface area contributed by atoms with E-state index < -0.39 is 0 Å². The van der Waals surface area contributed by atoms with E-state index in [1.165, 1.54) is 10.5 Å². The van der Waals surface area contributed by atoms with Gasteiger partial charge < -0.3 is 10.2 Å². The van der Waals surface area contributed by atoms with E-state index in [1.54, 1.807) is 50.1 Å². The first kappa shape index (κ1) is 18.5. The smallest absolute Gasteiger partial charge is 0.253 e. The van der Waals surface area contributed by atoms with Gasteiger partial charge in [0.1, 0.15) is 0 Å². The number of nitrogens with zero attached hydrogens (tertiary/aromatic N) is 1. The number of hydrogen-bond donors (Lipinski definition) is 1. The molecule has 2 aromatic carbocycles. The minimum Gasteiger partial charge on any atom is -0.345 e. The van der Waals surface area contributed by atoms with Gasteiger partial charge in [0.2, 0.25) is 5.91 Å². The average Bonchev–Trinajstić information content (AvgIpc) is 2.56. The molecule has 2 rings (SSSR count). The number of rotatable bonds is 6. The predicted octanol–water partition coefficient (Wildman–Crippen LogP) is 4.02. The van der Waals surface area contributed by atoms with Crippen LogP contribution in [0.25, 0.3) is 0 Å². The molecule has 0 bridgehead atoms. The van der Waals surface area contributed by atoms with Gasteiger partial charge in [-0.1, -0.05) is 28.1 Å². The van der Waals surface area contributed by atoms with Crippen LogP contribution in [0.3, 0.4) is 0 Å². The molecular weight excluding hydrogens is 388 g/mol. The van der Waals surface area contributed by atoms with Crippen molar-refractivity contribution in [2.75, 3.05) is 25.2 Å². The Bertz CT molecular complexity index is 700. The molecule has 2 aromatic rings. The fraction of sp³-hybridized carbons (Fsp3) is 0.222. The van der Waals surface area contributed by atoms with Gasteiger partial charge in [0.15, 0.2) is 0 Å². The molecule has 0 fully saturated rings. The van der Waals surface area contributed by atoms with Crippen LogP contribution in [0.2, 0.25) is 0 Å². The van der Waals surface area contributed by atoms with E-state index in [2.05, 4.69) is 21.2 Å². The first-order valence-electron chi connectivity index (χ1n) is 7.39. The second-order valence-electron chi connectivity index (χ2n) is 5.44. The molecule has 0 aliphatic heterocycles.